The molecule has 0 bridgehead atoms. The number of allylic oxidation sites excluding steroid dienone is 1. The lowest BCUT2D eigenvalue weighted by Crippen LogP contribution is -2.04. The quantitative estimate of drug-likeness (QED) is 0.444. The van der Waals surface area contributed by atoms with Crippen LogP contribution in [0.3, 0.4) is 0 Å². The van der Waals surface area contributed by atoms with Gasteiger partial charge < -0.3 is 13.7 Å². The molecule has 0 aliphatic heterocycles. The first kappa shape index (κ1) is 14.9. The van der Waals surface area contributed by atoms with E-state index in [1.165, 1.54) is 38.0 Å². The van der Waals surface area contributed by atoms with Crippen molar-refractivity contribution in [1.82, 2.24) is 14.8 Å². The number of rotatable bonds is 7. The zero-order valence-corrected chi connectivity index (χ0v) is 13.1. The minimum absolute atomic E-state index is 0.393. The smallest absolute Gasteiger partial charge is 0.341 e. The molecule has 6 nitrogen and oxygen atoms in total. The maximum atomic E-state index is 11.6. The van der Waals surface area contributed by atoms with Crippen LogP contribution >= 0.6 is 11.8 Å². The number of thioether (sulfide) groups is 1. The van der Waals surface area contributed by atoms with Gasteiger partial charge in [0.25, 0.3) is 0 Å². The zero-order valence-electron chi connectivity index (χ0n) is 12.3. The van der Waals surface area contributed by atoms with E-state index in [2.05, 4.69) is 21.3 Å². The minimum Gasteiger partial charge on any atom is -0.468 e. The van der Waals surface area contributed by atoms with Crippen LogP contribution in [0.5, 0.6) is 0 Å². The van der Waals surface area contributed by atoms with Crippen molar-refractivity contribution < 1.29 is 13.9 Å². The second-order valence-electron chi connectivity index (χ2n) is 5.05. The first-order valence-corrected chi connectivity index (χ1v) is 8.04. The number of carbonyl (C=O) groups excluding carboxylic acids is 1. The molecule has 1 saturated carbocycles. The van der Waals surface area contributed by atoms with E-state index in [0.29, 0.717) is 29.5 Å². The Morgan fingerprint density at radius 1 is 1.59 bits per heavy atom. The molecule has 0 saturated heterocycles. The van der Waals surface area contributed by atoms with Crippen LogP contribution < -0.4 is 0 Å². The summed E-state index contributed by atoms with van der Waals surface area (Å²) in [5.41, 5.74) is 0.451. The normalized spacial score (nSPS) is 14.0. The molecule has 2 heterocycles. The number of ether oxygens (including phenoxy) is 1. The Balaban J connectivity index is 1.75. The highest BCUT2D eigenvalue weighted by Gasteiger charge is 2.30. The Bertz CT molecular complexity index is 688. The second-order valence-corrected chi connectivity index (χ2v) is 5.99. The summed E-state index contributed by atoms with van der Waals surface area (Å²) in [7, 11) is 1.36. The summed E-state index contributed by atoms with van der Waals surface area (Å²) >= 11 is 1.49. The Morgan fingerprint density at radius 3 is 3.09 bits per heavy atom. The van der Waals surface area contributed by atoms with Gasteiger partial charge in [-0.1, -0.05) is 17.8 Å². The van der Waals surface area contributed by atoms with Crippen LogP contribution in [0.4, 0.5) is 0 Å². The van der Waals surface area contributed by atoms with E-state index in [9.17, 15) is 4.79 Å². The molecule has 0 unspecified atom stereocenters. The highest BCUT2D eigenvalue weighted by Crippen LogP contribution is 2.40. The second kappa shape index (κ2) is 6.39. The fraction of sp³-hybridized carbons (Fsp3) is 0.400. The summed E-state index contributed by atoms with van der Waals surface area (Å²) in [6.07, 6.45) is 5.67. The van der Waals surface area contributed by atoms with Crippen LogP contribution in [-0.2, 0) is 17.0 Å². The van der Waals surface area contributed by atoms with Crippen LogP contribution in [-0.4, -0.2) is 27.8 Å². The Morgan fingerprint density at radius 2 is 2.41 bits per heavy atom. The van der Waals surface area contributed by atoms with Crippen LogP contribution in [0.1, 0.15) is 40.7 Å². The number of hydrogen-bond acceptors (Lipinski definition) is 6. The van der Waals surface area contributed by atoms with Gasteiger partial charge in [-0.25, -0.2) is 4.79 Å². The van der Waals surface area contributed by atoms with E-state index in [1.807, 2.05) is 6.08 Å². The molecule has 0 aromatic carbocycles. The first-order valence-electron chi connectivity index (χ1n) is 7.06. The topological polar surface area (TPSA) is 70.2 Å². The molecule has 1 aliphatic carbocycles. The van der Waals surface area contributed by atoms with Crippen molar-refractivity contribution in [2.24, 2.45) is 0 Å². The fourth-order valence-electron chi connectivity index (χ4n) is 2.23. The maximum absolute atomic E-state index is 11.6. The van der Waals surface area contributed by atoms with Crippen LogP contribution in [0.25, 0.3) is 0 Å². The molecule has 1 aliphatic rings. The van der Waals surface area contributed by atoms with E-state index in [1.54, 1.807) is 6.07 Å². The third-order valence-corrected chi connectivity index (χ3v) is 4.45. The lowest BCUT2D eigenvalue weighted by molar-refractivity contribution is 0.0598. The van der Waals surface area contributed by atoms with Crippen LogP contribution in [0, 0.1) is 0 Å². The Hall–Kier alpha value is -2.02. The number of aromatic nitrogens is 3. The minimum atomic E-state index is -0.393. The zero-order chi connectivity index (χ0) is 15.5. The summed E-state index contributed by atoms with van der Waals surface area (Å²) < 4.78 is 12.2. The average molecular weight is 319 g/mol. The van der Waals surface area contributed by atoms with Crippen molar-refractivity contribution in [3.05, 3.63) is 42.1 Å². The van der Waals surface area contributed by atoms with E-state index in [4.69, 9.17) is 9.15 Å². The molecule has 2 aromatic heterocycles. The predicted octanol–water partition coefficient (Wildman–Crippen LogP) is 3.01. The monoisotopic (exact) mass is 319 g/mol. The SMILES string of the molecule is C=CCn1c(SCc2occc2C(=O)OC)nnc1C1CC1. The Labute approximate surface area is 132 Å². The van der Waals surface area contributed by atoms with Crippen molar-refractivity contribution in [3.8, 4) is 0 Å². The highest BCUT2D eigenvalue weighted by atomic mass is 32.2. The lowest BCUT2D eigenvalue weighted by Gasteiger charge is -2.06. The fourth-order valence-corrected chi connectivity index (χ4v) is 3.13. The highest BCUT2D eigenvalue weighted by molar-refractivity contribution is 7.98. The predicted molar refractivity (Wildman–Crippen MR) is 81.8 cm³/mol. The standard InChI is InChI=1S/C15H17N3O3S/c1-3-7-18-13(10-4-5-10)16-17-15(18)22-9-12-11(6-8-21-12)14(19)20-2/h3,6,8,10H,1,4-5,7,9H2,2H3. The van der Waals surface area contributed by atoms with E-state index in [-0.39, 0.29) is 0 Å². The molecule has 116 valence electrons. The molecule has 22 heavy (non-hydrogen) atoms. The number of furan rings is 1. The molecular formula is C15H17N3O3S. The molecule has 3 rings (SSSR count). The van der Waals surface area contributed by atoms with E-state index < -0.39 is 5.97 Å². The molecule has 1 fully saturated rings. The van der Waals surface area contributed by atoms with Gasteiger partial charge >= 0.3 is 5.97 Å². The van der Waals surface area contributed by atoms with E-state index in [0.717, 1.165) is 11.0 Å². The summed E-state index contributed by atoms with van der Waals surface area (Å²) in [4.78, 5) is 11.6. The number of carbonyl (C=O) groups is 1. The van der Waals surface area contributed by atoms with Gasteiger partial charge in [0, 0.05) is 12.5 Å². The van der Waals surface area contributed by atoms with Crippen molar-refractivity contribution in [2.45, 2.75) is 36.2 Å². The van der Waals surface area contributed by atoms with E-state index >= 15 is 0 Å². The van der Waals surface area contributed by atoms with Crippen molar-refractivity contribution >= 4 is 17.7 Å². The van der Waals surface area contributed by atoms with Gasteiger partial charge in [0.2, 0.25) is 0 Å². The van der Waals surface area contributed by atoms with Gasteiger partial charge in [-0.15, -0.1) is 16.8 Å². The van der Waals surface area contributed by atoms with Gasteiger partial charge in [0.05, 0.1) is 19.1 Å². The number of methoxy groups -OCH3 is 1. The van der Waals surface area contributed by atoms with Gasteiger partial charge in [0.15, 0.2) is 5.16 Å². The van der Waals surface area contributed by atoms with Crippen molar-refractivity contribution in [3.63, 3.8) is 0 Å². The lowest BCUT2D eigenvalue weighted by atomic mass is 10.3. The molecule has 0 radical (unpaired) electrons. The molecule has 0 N–H and O–H groups in total. The molecule has 0 spiro atoms. The molecular weight excluding hydrogens is 302 g/mol. The maximum Gasteiger partial charge on any atom is 0.341 e. The number of hydrogen-bond donors (Lipinski definition) is 0. The Kier molecular flexibility index (Phi) is 4.33. The summed E-state index contributed by atoms with van der Waals surface area (Å²) in [6, 6.07) is 1.62. The van der Waals surface area contributed by atoms with Gasteiger partial charge in [-0.05, 0) is 18.9 Å². The van der Waals surface area contributed by atoms with Crippen LogP contribution in [0.15, 0.2) is 34.6 Å². The van der Waals surface area contributed by atoms with Crippen molar-refractivity contribution in [2.75, 3.05) is 7.11 Å². The third kappa shape index (κ3) is 2.94. The summed E-state index contributed by atoms with van der Waals surface area (Å²) in [6.45, 7) is 4.47. The van der Waals surface area contributed by atoms with Crippen LogP contribution in [0.2, 0.25) is 0 Å². The average Bonchev–Trinajstić information content (AvgIpc) is 3.13. The molecule has 2 aromatic rings. The largest absolute Gasteiger partial charge is 0.468 e. The third-order valence-electron chi connectivity index (χ3n) is 3.48. The van der Waals surface area contributed by atoms with Crippen molar-refractivity contribution in [1.29, 1.82) is 0 Å². The first-order chi connectivity index (χ1) is 10.7. The molecule has 0 atom stereocenters. The summed E-state index contributed by atoms with van der Waals surface area (Å²) in [5.74, 6) is 2.23. The van der Waals surface area contributed by atoms with Gasteiger partial charge in [-0.2, -0.15) is 0 Å². The van der Waals surface area contributed by atoms with Gasteiger partial charge in [0.1, 0.15) is 17.1 Å². The number of esters is 1. The number of nitrogens with zero attached hydrogens (tertiary/aromatic N) is 3. The van der Waals surface area contributed by atoms with Gasteiger partial charge in [-0.3, -0.25) is 0 Å². The molecule has 0 amide bonds. The summed E-state index contributed by atoms with van der Waals surface area (Å²) in [5, 5.41) is 9.37. The molecule has 7 heteroatoms.